The van der Waals surface area contributed by atoms with Crippen LogP contribution in [-0.4, -0.2) is 0 Å². The number of hydrogen-bond acceptors (Lipinski definition) is 0. The molecule has 0 radical (unpaired) electrons. The molecule has 0 aromatic heterocycles. The molecule has 0 unspecified atom stereocenters. The van der Waals surface area contributed by atoms with Crippen molar-refractivity contribution in [3.8, 4) is 0 Å². The van der Waals surface area contributed by atoms with Gasteiger partial charge in [0.1, 0.15) is 0 Å². The van der Waals surface area contributed by atoms with Crippen LogP contribution in [0, 0.1) is 5.41 Å². The summed E-state index contributed by atoms with van der Waals surface area (Å²) in [6.07, 6.45) is 0. The van der Waals surface area contributed by atoms with E-state index in [2.05, 4.69) is 34.6 Å². The molecule has 0 amide bonds. The summed E-state index contributed by atoms with van der Waals surface area (Å²) in [5, 5.41) is 0. The minimum atomic E-state index is 0.499. The van der Waals surface area contributed by atoms with Crippen LogP contribution in [0.25, 0.3) is 0 Å². The molecule has 0 atom stereocenters. The molecule has 0 aromatic carbocycles. The van der Waals surface area contributed by atoms with Crippen LogP contribution in [0.15, 0.2) is 0 Å². The van der Waals surface area contributed by atoms with E-state index < -0.39 is 0 Å². The maximum absolute atomic E-state index is 2.33. The second kappa shape index (κ2) is 2.24. The Balaban J connectivity index is 4.02. The quantitative estimate of drug-likeness (QED) is 0.597. The van der Waals surface area contributed by atoms with Crippen molar-refractivity contribution in [1.29, 1.82) is 0 Å². The normalized spacial score (nSPS) is 14.0. The third-order valence-corrected chi connectivity index (χ3v) is 4.57. The molecule has 0 aromatic rings. The van der Waals surface area contributed by atoms with Crippen molar-refractivity contribution >= 4 is 0 Å². The Bertz CT molecular complexity index is 59.4. The molecule has 0 nitrogen and oxygen atoms in total. The predicted molar refractivity (Wildman–Crippen MR) is 33.5 cm³/mol. The molecule has 0 aliphatic carbocycles. The molecule has 0 bridgehead atoms. The number of hydrogen-bond donors (Lipinski definition) is 0. The zero-order chi connectivity index (χ0) is 7.00. The molecule has 0 fully saturated rings. The first-order valence-corrected chi connectivity index (χ1v) is 4.80. The van der Waals surface area contributed by atoms with E-state index in [0.29, 0.717) is 8.59 Å². The van der Waals surface area contributed by atoms with Gasteiger partial charge in [-0.25, -0.2) is 0 Å². The predicted octanol–water partition coefficient (Wildman–Crippen LogP) is 2.78. The Hall–Kier alpha value is 0.870. The summed E-state index contributed by atoms with van der Waals surface area (Å²) in [5.41, 5.74) is 0.499. The Morgan fingerprint density at radius 3 is 1.00 bits per heavy atom. The summed E-state index contributed by atoms with van der Waals surface area (Å²) in [6, 6.07) is 0. The summed E-state index contributed by atoms with van der Waals surface area (Å²) >= 11 is 1.29. The maximum atomic E-state index is 2.33. The third-order valence-electron chi connectivity index (χ3n) is 1.88. The fourth-order valence-corrected chi connectivity index (χ4v) is 0. The molecule has 0 saturated carbocycles. The fourth-order valence-electron chi connectivity index (χ4n) is 0. The zero-order valence-electron chi connectivity index (χ0n) is 6.50. The van der Waals surface area contributed by atoms with Crippen LogP contribution in [0.1, 0.15) is 34.6 Å². The van der Waals surface area contributed by atoms with Crippen molar-refractivity contribution in [3.05, 3.63) is 0 Å². The van der Waals surface area contributed by atoms with Crippen LogP contribution in [0.5, 0.6) is 0 Å². The first-order valence-electron chi connectivity index (χ1n) is 3.00. The van der Waals surface area contributed by atoms with Gasteiger partial charge in [-0.2, -0.15) is 0 Å². The van der Waals surface area contributed by atoms with Crippen LogP contribution in [0.2, 0.25) is 3.17 Å². The average molecular weight is 278 g/mol. The molecular weight excluding hydrogens is 263 g/mol. The Kier molecular flexibility index (Phi) is 2.49. The van der Waals surface area contributed by atoms with E-state index in [4.69, 9.17) is 0 Å². The van der Waals surface area contributed by atoms with E-state index >= 15 is 0 Å². The molecule has 0 aliphatic heterocycles. The molecule has 1 heteroatoms. The van der Waals surface area contributed by atoms with Gasteiger partial charge in [-0.05, 0) is 0 Å². The SMILES string of the molecule is CC(C)(C)[C](C)(C)[Hf]. The van der Waals surface area contributed by atoms with Crippen molar-refractivity contribution in [2.75, 3.05) is 0 Å². The fraction of sp³-hybridized carbons (Fsp3) is 1.00. The van der Waals surface area contributed by atoms with Gasteiger partial charge >= 0.3 is 67.6 Å². The summed E-state index contributed by atoms with van der Waals surface area (Å²) in [4.78, 5) is 0. The van der Waals surface area contributed by atoms with E-state index in [1.165, 1.54) is 24.4 Å². The van der Waals surface area contributed by atoms with Crippen molar-refractivity contribution in [3.63, 3.8) is 0 Å². The summed E-state index contributed by atoms with van der Waals surface area (Å²) in [6.45, 7) is 11.6. The molecule has 0 aliphatic rings. The summed E-state index contributed by atoms with van der Waals surface area (Å²) in [5.74, 6) is 0. The van der Waals surface area contributed by atoms with Crippen LogP contribution in [-0.2, 0) is 24.4 Å². The van der Waals surface area contributed by atoms with E-state index in [1.54, 1.807) is 0 Å². The van der Waals surface area contributed by atoms with Crippen molar-refractivity contribution in [2.45, 2.75) is 37.8 Å². The van der Waals surface area contributed by atoms with Gasteiger partial charge in [0.15, 0.2) is 0 Å². The molecule has 0 saturated heterocycles. The van der Waals surface area contributed by atoms with Gasteiger partial charge in [-0.3, -0.25) is 0 Å². The van der Waals surface area contributed by atoms with Gasteiger partial charge in [-0.15, -0.1) is 0 Å². The summed E-state index contributed by atoms with van der Waals surface area (Å²) in [7, 11) is 0. The van der Waals surface area contributed by atoms with Gasteiger partial charge in [0.2, 0.25) is 0 Å². The Morgan fingerprint density at radius 1 is 0.875 bits per heavy atom. The van der Waals surface area contributed by atoms with Crippen molar-refractivity contribution < 1.29 is 24.4 Å². The first kappa shape index (κ1) is 8.87. The molecular formula is C7H15Hf. The number of rotatable bonds is 0. The van der Waals surface area contributed by atoms with E-state index in [0.717, 1.165) is 0 Å². The first-order chi connectivity index (χ1) is 3.25. The topological polar surface area (TPSA) is 0 Å². The summed E-state index contributed by atoms with van der Waals surface area (Å²) < 4.78 is 0.576. The van der Waals surface area contributed by atoms with E-state index in [9.17, 15) is 0 Å². The van der Waals surface area contributed by atoms with Gasteiger partial charge < -0.3 is 0 Å². The van der Waals surface area contributed by atoms with Crippen molar-refractivity contribution in [1.82, 2.24) is 0 Å². The minimum absolute atomic E-state index is 0.499. The molecule has 8 heavy (non-hydrogen) atoms. The molecule has 0 heterocycles. The monoisotopic (exact) mass is 279 g/mol. The van der Waals surface area contributed by atoms with Crippen LogP contribution < -0.4 is 0 Å². The van der Waals surface area contributed by atoms with E-state index in [-0.39, 0.29) is 0 Å². The van der Waals surface area contributed by atoms with Gasteiger partial charge in [-0.1, -0.05) is 0 Å². The van der Waals surface area contributed by atoms with Crippen molar-refractivity contribution in [2.24, 2.45) is 5.41 Å². The Labute approximate surface area is 67.6 Å². The van der Waals surface area contributed by atoms with E-state index in [1.807, 2.05) is 0 Å². The van der Waals surface area contributed by atoms with Crippen LogP contribution >= 0.6 is 0 Å². The third kappa shape index (κ3) is 2.43. The van der Waals surface area contributed by atoms with Gasteiger partial charge in [0, 0.05) is 0 Å². The Morgan fingerprint density at radius 2 is 1.00 bits per heavy atom. The molecule has 47 valence electrons. The zero-order valence-corrected chi connectivity index (χ0v) is 10.1. The van der Waals surface area contributed by atoms with Gasteiger partial charge in [0.25, 0.3) is 0 Å². The molecule has 0 spiro atoms. The molecule has 0 rings (SSSR count). The average Bonchev–Trinajstić information content (AvgIpc) is 1.25. The standard InChI is InChI=1S/C7H15.Hf/c1-6(2)7(3,4)5;/h1-5H3;. The second-order valence-corrected chi connectivity index (χ2v) is 8.37. The van der Waals surface area contributed by atoms with Crippen LogP contribution in [0.4, 0.5) is 0 Å². The van der Waals surface area contributed by atoms with Gasteiger partial charge in [0.05, 0.1) is 0 Å². The van der Waals surface area contributed by atoms with Crippen LogP contribution in [0.3, 0.4) is 0 Å². The molecule has 0 N–H and O–H groups in total. The second-order valence-electron chi connectivity index (χ2n) is 3.88.